The van der Waals surface area contributed by atoms with Gasteiger partial charge in [0, 0.05) is 32.5 Å². The van der Waals surface area contributed by atoms with Crippen LogP contribution in [-0.4, -0.2) is 34.9 Å². The van der Waals surface area contributed by atoms with Crippen LogP contribution in [0.3, 0.4) is 0 Å². The van der Waals surface area contributed by atoms with Crippen molar-refractivity contribution in [2.45, 2.75) is 18.9 Å². The molecule has 2 rings (SSSR count). The lowest BCUT2D eigenvalue weighted by atomic mass is 10.1. The van der Waals surface area contributed by atoms with E-state index in [1.54, 1.807) is 24.1 Å². The molecular weight excluding hydrogens is 194 g/mol. The van der Waals surface area contributed by atoms with Gasteiger partial charge in [-0.25, -0.2) is 0 Å². The average molecular weight is 209 g/mol. The summed E-state index contributed by atoms with van der Waals surface area (Å²) < 4.78 is 6.85. The fourth-order valence-corrected chi connectivity index (χ4v) is 1.65. The first-order valence-electron chi connectivity index (χ1n) is 5.13. The van der Waals surface area contributed by atoms with Crippen molar-refractivity contribution in [2.24, 2.45) is 7.05 Å². The third-order valence-electron chi connectivity index (χ3n) is 2.52. The number of aryl methyl sites for hydroxylation is 1. The molecule has 0 unspecified atom stereocenters. The summed E-state index contributed by atoms with van der Waals surface area (Å²) in [7, 11) is 1.80. The van der Waals surface area contributed by atoms with Gasteiger partial charge in [0.2, 0.25) is 0 Å². The fraction of sp³-hybridized carbons (Fsp3) is 0.600. The van der Waals surface area contributed by atoms with Crippen molar-refractivity contribution in [1.82, 2.24) is 15.1 Å². The summed E-state index contributed by atoms with van der Waals surface area (Å²) in [5.41, 5.74) is 0.615. The quantitative estimate of drug-likeness (QED) is 0.763. The Morgan fingerprint density at radius 3 is 2.93 bits per heavy atom. The second-order valence-corrected chi connectivity index (χ2v) is 3.76. The summed E-state index contributed by atoms with van der Waals surface area (Å²) in [4.78, 5) is 11.7. The third-order valence-corrected chi connectivity index (χ3v) is 2.52. The summed E-state index contributed by atoms with van der Waals surface area (Å²) >= 11 is 0. The second-order valence-electron chi connectivity index (χ2n) is 3.76. The standard InChI is InChI=1S/C10H15N3O2/c1-13-7-8(6-11-13)10(14)12-9-2-4-15-5-3-9/h6-7,9H,2-5H2,1H3,(H,12,14). The summed E-state index contributed by atoms with van der Waals surface area (Å²) in [6, 6.07) is 0.242. The van der Waals surface area contributed by atoms with Crippen LogP contribution in [-0.2, 0) is 11.8 Å². The number of hydrogen-bond donors (Lipinski definition) is 1. The van der Waals surface area contributed by atoms with Crippen molar-refractivity contribution < 1.29 is 9.53 Å². The van der Waals surface area contributed by atoms with Gasteiger partial charge in [-0.3, -0.25) is 9.48 Å². The van der Waals surface area contributed by atoms with Gasteiger partial charge in [0.05, 0.1) is 11.8 Å². The number of amides is 1. The van der Waals surface area contributed by atoms with E-state index in [0.717, 1.165) is 26.1 Å². The number of rotatable bonds is 2. The van der Waals surface area contributed by atoms with Gasteiger partial charge in [0.25, 0.3) is 5.91 Å². The Labute approximate surface area is 88.4 Å². The normalized spacial score (nSPS) is 17.7. The zero-order valence-electron chi connectivity index (χ0n) is 8.77. The molecule has 0 spiro atoms. The van der Waals surface area contributed by atoms with Gasteiger partial charge in [-0.15, -0.1) is 0 Å². The summed E-state index contributed by atoms with van der Waals surface area (Å²) in [6.07, 6.45) is 5.08. The SMILES string of the molecule is Cn1cc(C(=O)NC2CCOCC2)cn1. The number of carbonyl (C=O) groups is 1. The summed E-state index contributed by atoms with van der Waals surface area (Å²) in [5.74, 6) is -0.0463. The molecule has 0 saturated carbocycles. The molecule has 15 heavy (non-hydrogen) atoms. The summed E-state index contributed by atoms with van der Waals surface area (Å²) in [6.45, 7) is 1.47. The molecule has 0 radical (unpaired) electrons. The van der Waals surface area contributed by atoms with Crippen LogP contribution in [0.25, 0.3) is 0 Å². The Hall–Kier alpha value is -1.36. The summed E-state index contributed by atoms with van der Waals surface area (Å²) in [5, 5.41) is 6.94. The Morgan fingerprint density at radius 1 is 1.60 bits per heavy atom. The molecule has 1 fully saturated rings. The van der Waals surface area contributed by atoms with E-state index in [-0.39, 0.29) is 11.9 Å². The van der Waals surface area contributed by atoms with E-state index >= 15 is 0 Å². The van der Waals surface area contributed by atoms with Crippen molar-refractivity contribution in [3.8, 4) is 0 Å². The highest BCUT2D eigenvalue weighted by Gasteiger charge is 2.17. The minimum absolute atomic E-state index is 0.0463. The van der Waals surface area contributed by atoms with Gasteiger partial charge in [-0.05, 0) is 12.8 Å². The molecule has 2 heterocycles. The number of aromatic nitrogens is 2. The molecule has 0 aliphatic carbocycles. The Morgan fingerprint density at radius 2 is 2.33 bits per heavy atom. The molecule has 0 bridgehead atoms. The molecule has 0 atom stereocenters. The Bertz CT molecular complexity index is 342. The first kappa shape index (κ1) is 10.2. The van der Waals surface area contributed by atoms with Crippen LogP contribution >= 0.6 is 0 Å². The largest absolute Gasteiger partial charge is 0.381 e. The van der Waals surface area contributed by atoms with Crippen LogP contribution < -0.4 is 5.32 Å². The van der Waals surface area contributed by atoms with E-state index < -0.39 is 0 Å². The monoisotopic (exact) mass is 209 g/mol. The second kappa shape index (κ2) is 4.44. The first-order valence-corrected chi connectivity index (χ1v) is 5.13. The van der Waals surface area contributed by atoms with Gasteiger partial charge in [0.1, 0.15) is 0 Å². The van der Waals surface area contributed by atoms with Gasteiger partial charge < -0.3 is 10.1 Å². The highest BCUT2D eigenvalue weighted by atomic mass is 16.5. The van der Waals surface area contributed by atoms with E-state index in [1.165, 1.54) is 0 Å². The number of ether oxygens (including phenoxy) is 1. The maximum absolute atomic E-state index is 11.7. The topological polar surface area (TPSA) is 56.2 Å². The van der Waals surface area contributed by atoms with Crippen LogP contribution in [0, 0.1) is 0 Å². The lowest BCUT2D eigenvalue weighted by Gasteiger charge is -2.22. The molecular formula is C10H15N3O2. The van der Waals surface area contributed by atoms with E-state index in [4.69, 9.17) is 4.74 Å². The highest BCUT2D eigenvalue weighted by Crippen LogP contribution is 2.07. The van der Waals surface area contributed by atoms with Crippen LogP contribution in [0.2, 0.25) is 0 Å². The number of carbonyl (C=O) groups excluding carboxylic acids is 1. The molecule has 82 valence electrons. The lowest BCUT2D eigenvalue weighted by molar-refractivity contribution is 0.0696. The van der Waals surface area contributed by atoms with Crippen LogP contribution in [0.1, 0.15) is 23.2 Å². The van der Waals surface area contributed by atoms with Crippen molar-refractivity contribution in [1.29, 1.82) is 0 Å². The molecule has 0 aromatic carbocycles. The maximum atomic E-state index is 11.7. The van der Waals surface area contributed by atoms with E-state index in [1.807, 2.05) is 0 Å². The predicted octanol–water partition coefficient (Wildman–Crippen LogP) is 0.329. The average Bonchev–Trinajstić information content (AvgIpc) is 2.66. The van der Waals surface area contributed by atoms with Crippen molar-refractivity contribution in [3.63, 3.8) is 0 Å². The number of hydrogen-bond acceptors (Lipinski definition) is 3. The minimum Gasteiger partial charge on any atom is -0.381 e. The minimum atomic E-state index is -0.0463. The molecule has 1 aliphatic heterocycles. The molecule has 5 nitrogen and oxygen atoms in total. The molecule has 1 aliphatic rings. The lowest BCUT2D eigenvalue weighted by Crippen LogP contribution is -2.38. The zero-order chi connectivity index (χ0) is 10.7. The molecule has 5 heteroatoms. The fourth-order valence-electron chi connectivity index (χ4n) is 1.65. The highest BCUT2D eigenvalue weighted by molar-refractivity contribution is 5.93. The molecule has 1 aromatic heterocycles. The number of nitrogens with zero attached hydrogens (tertiary/aromatic N) is 2. The zero-order valence-corrected chi connectivity index (χ0v) is 8.77. The van der Waals surface area contributed by atoms with E-state index in [0.29, 0.717) is 5.56 Å². The number of nitrogens with one attached hydrogen (secondary N) is 1. The predicted molar refractivity (Wildman–Crippen MR) is 54.5 cm³/mol. The van der Waals surface area contributed by atoms with Crippen LogP contribution in [0.4, 0.5) is 0 Å². The van der Waals surface area contributed by atoms with Gasteiger partial charge in [-0.1, -0.05) is 0 Å². The van der Waals surface area contributed by atoms with Gasteiger partial charge in [-0.2, -0.15) is 5.10 Å². The third kappa shape index (κ3) is 2.56. The van der Waals surface area contributed by atoms with Crippen LogP contribution in [0.15, 0.2) is 12.4 Å². The molecule has 1 aromatic rings. The molecule has 1 saturated heterocycles. The molecule has 1 amide bonds. The smallest absolute Gasteiger partial charge is 0.254 e. The maximum Gasteiger partial charge on any atom is 0.254 e. The van der Waals surface area contributed by atoms with Gasteiger partial charge >= 0.3 is 0 Å². The van der Waals surface area contributed by atoms with E-state index in [2.05, 4.69) is 10.4 Å². The van der Waals surface area contributed by atoms with E-state index in [9.17, 15) is 4.79 Å². The van der Waals surface area contributed by atoms with Crippen molar-refractivity contribution in [3.05, 3.63) is 18.0 Å². The Balaban J connectivity index is 1.91. The van der Waals surface area contributed by atoms with Crippen molar-refractivity contribution in [2.75, 3.05) is 13.2 Å². The van der Waals surface area contributed by atoms with Crippen LogP contribution in [0.5, 0.6) is 0 Å². The molecule has 1 N–H and O–H groups in total. The first-order chi connectivity index (χ1) is 7.25. The van der Waals surface area contributed by atoms with Crippen molar-refractivity contribution >= 4 is 5.91 Å². The van der Waals surface area contributed by atoms with Gasteiger partial charge in [0.15, 0.2) is 0 Å². The Kier molecular flexibility index (Phi) is 3.01.